The van der Waals surface area contributed by atoms with Crippen LogP contribution in [0.2, 0.25) is 0 Å². The van der Waals surface area contributed by atoms with Crippen molar-refractivity contribution in [1.82, 2.24) is 9.97 Å². The number of alkyl halides is 3. The zero-order chi connectivity index (χ0) is 17.4. The summed E-state index contributed by atoms with van der Waals surface area (Å²) in [4.78, 5) is 12.0. The van der Waals surface area contributed by atoms with Crippen LogP contribution in [0.5, 0.6) is 0 Å². The van der Waals surface area contributed by atoms with Crippen molar-refractivity contribution in [1.29, 1.82) is 0 Å². The summed E-state index contributed by atoms with van der Waals surface area (Å²) in [7, 11) is 0. The van der Waals surface area contributed by atoms with Crippen LogP contribution in [-0.4, -0.2) is 36.1 Å². The van der Waals surface area contributed by atoms with Crippen molar-refractivity contribution < 1.29 is 13.2 Å². The van der Waals surface area contributed by atoms with Crippen molar-refractivity contribution in [2.24, 2.45) is 0 Å². The molecule has 0 aliphatic carbocycles. The number of H-pyrrole nitrogens is 1. The van der Waals surface area contributed by atoms with Gasteiger partial charge in [0.15, 0.2) is 0 Å². The largest absolute Gasteiger partial charge is 0.416 e. The zero-order valence-corrected chi connectivity index (χ0v) is 13.4. The fourth-order valence-electron chi connectivity index (χ4n) is 3.14. The maximum absolute atomic E-state index is 12.9. The number of hydrogen-bond donors (Lipinski definition) is 1. The summed E-state index contributed by atoms with van der Waals surface area (Å²) >= 11 is 0. The lowest BCUT2D eigenvalue weighted by molar-refractivity contribution is -0.137. The Hall–Kier alpha value is -2.70. The minimum Gasteiger partial charge on any atom is -0.368 e. The Labute approximate surface area is 142 Å². The number of hydrogen-bond acceptors (Lipinski definition) is 3. The van der Waals surface area contributed by atoms with Gasteiger partial charge in [-0.2, -0.15) is 13.2 Å². The van der Waals surface area contributed by atoms with Crippen LogP contribution in [-0.2, 0) is 6.18 Å². The highest BCUT2D eigenvalue weighted by atomic mass is 19.4. The lowest BCUT2D eigenvalue weighted by Gasteiger charge is -2.36. The first-order chi connectivity index (χ1) is 12.0. The van der Waals surface area contributed by atoms with Gasteiger partial charge in [0, 0.05) is 31.9 Å². The number of imidazole rings is 1. The lowest BCUT2D eigenvalue weighted by Crippen LogP contribution is -2.47. The quantitative estimate of drug-likeness (QED) is 0.764. The Morgan fingerprint density at radius 1 is 0.880 bits per heavy atom. The molecule has 1 aromatic heterocycles. The predicted molar refractivity (Wildman–Crippen MR) is 92.0 cm³/mol. The Kier molecular flexibility index (Phi) is 3.78. The Morgan fingerprint density at radius 3 is 2.32 bits per heavy atom. The molecule has 3 aromatic rings. The molecule has 25 heavy (non-hydrogen) atoms. The highest BCUT2D eigenvalue weighted by Crippen LogP contribution is 2.32. The molecule has 0 bridgehead atoms. The second-order valence-electron chi connectivity index (χ2n) is 6.10. The molecular formula is C18H17F3N4. The molecule has 0 amide bonds. The maximum atomic E-state index is 12.9. The third kappa shape index (κ3) is 3.14. The number of aromatic nitrogens is 2. The normalized spacial score (nSPS) is 15.8. The molecule has 4 nitrogen and oxygen atoms in total. The summed E-state index contributed by atoms with van der Waals surface area (Å²) in [5.74, 6) is 0.810. The molecule has 2 aromatic carbocycles. The number of aromatic amines is 1. The molecule has 1 aliphatic rings. The van der Waals surface area contributed by atoms with Gasteiger partial charge in [-0.15, -0.1) is 0 Å². The van der Waals surface area contributed by atoms with Crippen LogP contribution in [0.1, 0.15) is 5.56 Å². The zero-order valence-electron chi connectivity index (χ0n) is 13.4. The van der Waals surface area contributed by atoms with Crippen molar-refractivity contribution in [2.75, 3.05) is 36.0 Å². The first kappa shape index (κ1) is 15.8. The van der Waals surface area contributed by atoms with Gasteiger partial charge in [-0.1, -0.05) is 18.2 Å². The molecule has 2 heterocycles. The fourth-order valence-corrected chi connectivity index (χ4v) is 3.14. The van der Waals surface area contributed by atoms with Gasteiger partial charge < -0.3 is 14.8 Å². The van der Waals surface area contributed by atoms with E-state index in [1.165, 1.54) is 12.1 Å². The summed E-state index contributed by atoms with van der Waals surface area (Å²) in [6.45, 7) is 2.71. The van der Waals surface area contributed by atoms with Crippen molar-refractivity contribution in [3.63, 3.8) is 0 Å². The summed E-state index contributed by atoms with van der Waals surface area (Å²) in [6, 6.07) is 13.3. The minimum atomic E-state index is -4.31. The number of nitrogens with one attached hydrogen (secondary N) is 1. The standard InChI is InChI=1S/C18H17F3N4/c19-18(20,21)13-4-3-5-14(12-13)24-8-10-25(11-9-24)17-22-15-6-1-2-7-16(15)23-17/h1-7,12H,8-11H2,(H,22,23). The van der Waals surface area contributed by atoms with Gasteiger partial charge in [0.1, 0.15) is 0 Å². The number of fused-ring (bicyclic) bond motifs is 1. The van der Waals surface area contributed by atoms with E-state index >= 15 is 0 Å². The van der Waals surface area contributed by atoms with E-state index in [1.807, 2.05) is 29.2 Å². The smallest absolute Gasteiger partial charge is 0.368 e. The maximum Gasteiger partial charge on any atom is 0.416 e. The average molecular weight is 346 g/mol. The van der Waals surface area contributed by atoms with Gasteiger partial charge in [-0.3, -0.25) is 0 Å². The monoisotopic (exact) mass is 346 g/mol. The molecule has 1 saturated heterocycles. The Balaban J connectivity index is 1.48. The van der Waals surface area contributed by atoms with Crippen LogP contribution in [0.3, 0.4) is 0 Å². The molecule has 4 rings (SSSR count). The van der Waals surface area contributed by atoms with Gasteiger partial charge >= 0.3 is 6.18 Å². The van der Waals surface area contributed by atoms with E-state index in [2.05, 4.69) is 14.9 Å². The molecule has 1 fully saturated rings. The van der Waals surface area contributed by atoms with Gasteiger partial charge in [-0.05, 0) is 30.3 Å². The third-order valence-corrected chi connectivity index (χ3v) is 4.49. The Bertz CT molecular complexity index is 846. The number of para-hydroxylation sites is 2. The van der Waals surface area contributed by atoms with Gasteiger partial charge in [0.2, 0.25) is 5.95 Å². The molecule has 0 spiro atoms. The second kappa shape index (κ2) is 5.98. The summed E-state index contributed by atoms with van der Waals surface area (Å²) < 4.78 is 38.6. The van der Waals surface area contributed by atoms with E-state index in [0.717, 1.165) is 23.0 Å². The van der Waals surface area contributed by atoms with Crippen molar-refractivity contribution >= 4 is 22.7 Å². The average Bonchev–Trinajstić information content (AvgIpc) is 3.05. The Morgan fingerprint density at radius 2 is 1.60 bits per heavy atom. The topological polar surface area (TPSA) is 35.2 Å². The van der Waals surface area contributed by atoms with Crippen LogP contribution in [0, 0.1) is 0 Å². The fraction of sp³-hybridized carbons (Fsp3) is 0.278. The van der Waals surface area contributed by atoms with Crippen molar-refractivity contribution in [3.8, 4) is 0 Å². The molecule has 1 aliphatic heterocycles. The van der Waals surface area contributed by atoms with Gasteiger partial charge in [0.25, 0.3) is 0 Å². The number of benzene rings is 2. The van der Waals surface area contributed by atoms with E-state index in [0.29, 0.717) is 31.9 Å². The summed E-state index contributed by atoms with van der Waals surface area (Å²) in [5.41, 5.74) is 1.90. The minimum absolute atomic E-state index is 0.607. The van der Waals surface area contributed by atoms with E-state index < -0.39 is 11.7 Å². The molecule has 0 atom stereocenters. The van der Waals surface area contributed by atoms with Crippen LogP contribution in [0.25, 0.3) is 11.0 Å². The van der Waals surface area contributed by atoms with Gasteiger partial charge in [0.05, 0.1) is 16.6 Å². The highest BCUT2D eigenvalue weighted by Gasteiger charge is 2.31. The van der Waals surface area contributed by atoms with E-state index in [-0.39, 0.29) is 0 Å². The van der Waals surface area contributed by atoms with Crippen LogP contribution in [0.4, 0.5) is 24.8 Å². The van der Waals surface area contributed by atoms with Gasteiger partial charge in [-0.25, -0.2) is 4.98 Å². The van der Waals surface area contributed by atoms with Crippen molar-refractivity contribution in [2.45, 2.75) is 6.18 Å². The van der Waals surface area contributed by atoms with E-state index in [9.17, 15) is 13.2 Å². The SMILES string of the molecule is FC(F)(F)c1cccc(N2CCN(c3nc4ccccc4[nH]3)CC2)c1. The number of rotatable bonds is 2. The van der Waals surface area contributed by atoms with Crippen LogP contribution >= 0.6 is 0 Å². The van der Waals surface area contributed by atoms with E-state index in [1.54, 1.807) is 6.07 Å². The van der Waals surface area contributed by atoms with Crippen LogP contribution in [0.15, 0.2) is 48.5 Å². The molecule has 130 valence electrons. The molecular weight excluding hydrogens is 329 g/mol. The number of nitrogens with zero attached hydrogens (tertiary/aromatic N) is 3. The lowest BCUT2D eigenvalue weighted by atomic mass is 10.1. The number of halogens is 3. The highest BCUT2D eigenvalue weighted by molar-refractivity contribution is 5.77. The van der Waals surface area contributed by atoms with E-state index in [4.69, 9.17) is 0 Å². The van der Waals surface area contributed by atoms with Crippen LogP contribution < -0.4 is 9.80 Å². The number of anilines is 2. The predicted octanol–water partition coefficient (Wildman–Crippen LogP) is 3.91. The van der Waals surface area contributed by atoms with Crippen molar-refractivity contribution in [3.05, 3.63) is 54.1 Å². The summed E-state index contributed by atoms with van der Waals surface area (Å²) in [5, 5.41) is 0. The first-order valence-corrected chi connectivity index (χ1v) is 8.13. The molecule has 0 radical (unpaired) electrons. The third-order valence-electron chi connectivity index (χ3n) is 4.49. The second-order valence-corrected chi connectivity index (χ2v) is 6.10. The molecule has 1 N–H and O–H groups in total. The first-order valence-electron chi connectivity index (χ1n) is 8.13. The summed E-state index contributed by atoms with van der Waals surface area (Å²) in [6.07, 6.45) is -4.31. The molecule has 7 heteroatoms. The number of piperazine rings is 1. The molecule has 0 saturated carbocycles. The molecule has 0 unspecified atom stereocenters.